The molecule has 0 aliphatic carbocycles. The molecule has 4 heteroatoms. The molecule has 0 aliphatic rings. The van der Waals surface area contributed by atoms with Crippen LogP contribution in [0.3, 0.4) is 0 Å². The van der Waals surface area contributed by atoms with Gasteiger partial charge in [-0.2, -0.15) is 0 Å². The summed E-state index contributed by atoms with van der Waals surface area (Å²) in [7, 11) is 0. The highest BCUT2D eigenvalue weighted by Gasteiger charge is 2.28. The van der Waals surface area contributed by atoms with Crippen molar-refractivity contribution in [3.63, 3.8) is 0 Å². The van der Waals surface area contributed by atoms with E-state index in [-0.39, 0.29) is 10.8 Å². The van der Waals surface area contributed by atoms with E-state index in [1.807, 2.05) is 6.07 Å². The zero-order valence-corrected chi connectivity index (χ0v) is 38.0. The molecule has 0 amide bonds. The number of hydrogen-bond acceptors (Lipinski definition) is 3. The summed E-state index contributed by atoms with van der Waals surface area (Å²) >= 11 is 1.77. The molecule has 0 N–H and O–H groups in total. The highest BCUT2D eigenvalue weighted by atomic mass is 32.1. The largest absolute Gasteiger partial charge is 0.307 e. The fourth-order valence-electron chi connectivity index (χ4n) is 9.31. The predicted octanol–water partition coefficient (Wildman–Crippen LogP) is 16.9. The van der Waals surface area contributed by atoms with Gasteiger partial charge in [0.1, 0.15) is 0 Å². The second-order valence-corrected chi connectivity index (χ2v) is 20.1. The van der Waals surface area contributed by atoms with Crippen LogP contribution >= 0.6 is 11.3 Å². The molecule has 310 valence electrons. The predicted molar refractivity (Wildman–Crippen MR) is 274 cm³/mol. The van der Waals surface area contributed by atoms with E-state index in [1.165, 1.54) is 48.8 Å². The molecular formula is C60H49N3S. The fraction of sp³-hybridized carbons (Fsp3) is 0.133. The van der Waals surface area contributed by atoms with Crippen molar-refractivity contribution in [2.24, 2.45) is 0 Å². The topological polar surface area (TPSA) is 30.7 Å². The van der Waals surface area contributed by atoms with Crippen molar-refractivity contribution in [1.29, 1.82) is 0 Å². The average Bonchev–Trinajstić information content (AvgIpc) is 3.86. The van der Waals surface area contributed by atoms with Crippen molar-refractivity contribution < 1.29 is 0 Å². The van der Waals surface area contributed by atoms with Crippen molar-refractivity contribution in [3.8, 4) is 61.7 Å². The minimum absolute atomic E-state index is 0.0351. The molecular weight excluding hydrogens is 795 g/mol. The third kappa shape index (κ3) is 6.81. The SMILES string of the molecule is CC(C)(C)c1ccc2c(c1)c1cc(C(C)(C)C)cc(-c3ccccc3)c1n2-c1c(-c2ccccc2)cc(-c2nc(-c3ccccc3)nc3c2sc2ccccc23)cc1-c1ccccc1. The maximum Gasteiger partial charge on any atom is 0.160 e. The van der Waals surface area contributed by atoms with Gasteiger partial charge in [-0.3, -0.25) is 0 Å². The number of rotatable bonds is 6. The Morgan fingerprint density at radius 2 is 0.938 bits per heavy atom. The van der Waals surface area contributed by atoms with Gasteiger partial charge in [0.15, 0.2) is 5.82 Å². The summed E-state index contributed by atoms with van der Waals surface area (Å²) in [6.45, 7) is 13.9. The van der Waals surface area contributed by atoms with E-state index in [0.717, 1.165) is 66.2 Å². The first kappa shape index (κ1) is 39.7. The third-order valence-electron chi connectivity index (χ3n) is 12.7. The van der Waals surface area contributed by atoms with Crippen molar-refractivity contribution in [3.05, 3.63) is 199 Å². The van der Waals surface area contributed by atoms with Crippen LogP contribution < -0.4 is 0 Å². The first-order chi connectivity index (χ1) is 31.0. The molecule has 0 bridgehead atoms. The van der Waals surface area contributed by atoms with Crippen molar-refractivity contribution in [2.75, 3.05) is 0 Å². The van der Waals surface area contributed by atoms with Crippen LogP contribution in [0.1, 0.15) is 52.7 Å². The standard InChI is InChI=1S/C60H49N3S/c1-59(2,3)43-31-32-51-49(35-43)50-37-44(60(4,5)6)36-48(40-25-15-9-16-26-40)56(50)63(51)55-46(38-21-11-7-12-22-38)33-42(34-47(55)39-23-13-8-14-24-39)53-57-54(45-29-19-20-30-52(45)64-57)62-58(61-53)41-27-17-10-18-28-41/h7-37H,1-6H3. The molecule has 0 spiro atoms. The fourth-order valence-corrected chi connectivity index (χ4v) is 10.5. The Bertz CT molecular complexity index is 3470. The van der Waals surface area contributed by atoms with Crippen LogP contribution in [0.15, 0.2) is 188 Å². The summed E-state index contributed by atoms with van der Waals surface area (Å²) in [6.07, 6.45) is 0. The smallest absolute Gasteiger partial charge is 0.160 e. The average molecular weight is 844 g/mol. The Balaban J connectivity index is 1.34. The molecule has 11 rings (SSSR count). The lowest BCUT2D eigenvalue weighted by molar-refractivity contribution is 0.590. The van der Waals surface area contributed by atoms with Gasteiger partial charge in [-0.15, -0.1) is 11.3 Å². The number of aromatic nitrogens is 3. The van der Waals surface area contributed by atoms with Gasteiger partial charge in [-0.1, -0.05) is 187 Å². The Labute approximate surface area is 379 Å². The number of hydrogen-bond donors (Lipinski definition) is 0. The normalized spacial score (nSPS) is 12.2. The summed E-state index contributed by atoms with van der Waals surface area (Å²) in [5.41, 5.74) is 16.9. The third-order valence-corrected chi connectivity index (χ3v) is 13.9. The highest BCUT2D eigenvalue weighted by molar-refractivity contribution is 7.26. The first-order valence-electron chi connectivity index (χ1n) is 22.2. The first-order valence-corrected chi connectivity index (χ1v) is 23.1. The van der Waals surface area contributed by atoms with Gasteiger partial charge < -0.3 is 4.57 Å². The summed E-state index contributed by atoms with van der Waals surface area (Å²) in [6, 6.07) is 68.7. The van der Waals surface area contributed by atoms with Gasteiger partial charge in [0.25, 0.3) is 0 Å². The lowest BCUT2D eigenvalue weighted by Gasteiger charge is -2.24. The molecule has 3 nitrogen and oxygen atoms in total. The molecule has 0 saturated carbocycles. The highest BCUT2D eigenvalue weighted by Crippen LogP contribution is 2.49. The molecule has 0 aliphatic heterocycles. The Hall–Kier alpha value is -7.14. The zero-order chi connectivity index (χ0) is 43.7. The monoisotopic (exact) mass is 843 g/mol. The van der Waals surface area contributed by atoms with Gasteiger partial charge in [-0.25, -0.2) is 9.97 Å². The van der Waals surface area contributed by atoms with Gasteiger partial charge >= 0.3 is 0 Å². The molecule has 3 heterocycles. The second kappa shape index (κ2) is 15.3. The van der Waals surface area contributed by atoms with E-state index < -0.39 is 0 Å². The molecule has 64 heavy (non-hydrogen) atoms. The molecule has 0 radical (unpaired) electrons. The summed E-state index contributed by atoms with van der Waals surface area (Å²) in [5, 5.41) is 3.65. The zero-order valence-electron chi connectivity index (χ0n) is 37.1. The Morgan fingerprint density at radius 3 is 1.52 bits per heavy atom. The van der Waals surface area contributed by atoms with Crippen LogP contribution in [0.25, 0.3) is 104 Å². The summed E-state index contributed by atoms with van der Waals surface area (Å²) in [4.78, 5) is 10.8. The molecule has 8 aromatic carbocycles. The number of benzene rings is 8. The summed E-state index contributed by atoms with van der Waals surface area (Å²) in [5.74, 6) is 0.720. The second-order valence-electron chi connectivity index (χ2n) is 19.0. The van der Waals surface area contributed by atoms with Crippen LogP contribution in [0.4, 0.5) is 0 Å². The van der Waals surface area contributed by atoms with Gasteiger partial charge in [0.2, 0.25) is 0 Å². The van der Waals surface area contributed by atoms with E-state index in [2.05, 4.69) is 228 Å². The van der Waals surface area contributed by atoms with E-state index in [1.54, 1.807) is 11.3 Å². The molecule has 0 atom stereocenters. The van der Waals surface area contributed by atoms with E-state index in [4.69, 9.17) is 9.97 Å². The van der Waals surface area contributed by atoms with Gasteiger partial charge in [0.05, 0.1) is 32.6 Å². The van der Waals surface area contributed by atoms with E-state index in [0.29, 0.717) is 0 Å². The quantitative estimate of drug-likeness (QED) is 0.167. The minimum atomic E-state index is -0.0755. The maximum absolute atomic E-state index is 5.51. The lowest BCUT2D eigenvalue weighted by atomic mass is 9.83. The molecule has 0 unspecified atom stereocenters. The van der Waals surface area contributed by atoms with Crippen molar-refractivity contribution >= 4 is 53.4 Å². The van der Waals surface area contributed by atoms with Crippen molar-refractivity contribution in [1.82, 2.24) is 14.5 Å². The van der Waals surface area contributed by atoms with Crippen LogP contribution in [0.2, 0.25) is 0 Å². The van der Waals surface area contributed by atoms with Crippen LogP contribution in [0, 0.1) is 0 Å². The number of thiophene rings is 1. The van der Waals surface area contributed by atoms with Crippen LogP contribution in [-0.4, -0.2) is 14.5 Å². The summed E-state index contributed by atoms with van der Waals surface area (Å²) < 4.78 is 4.87. The molecule has 11 aromatic rings. The maximum atomic E-state index is 5.51. The number of nitrogens with zero attached hydrogens (tertiary/aromatic N) is 3. The van der Waals surface area contributed by atoms with E-state index >= 15 is 0 Å². The van der Waals surface area contributed by atoms with Crippen LogP contribution in [-0.2, 0) is 10.8 Å². The van der Waals surface area contributed by atoms with Crippen LogP contribution in [0.5, 0.6) is 0 Å². The molecule has 0 saturated heterocycles. The van der Waals surface area contributed by atoms with Crippen molar-refractivity contribution in [2.45, 2.75) is 52.4 Å². The van der Waals surface area contributed by atoms with Gasteiger partial charge in [-0.05, 0) is 81.1 Å². The minimum Gasteiger partial charge on any atom is -0.307 e. The Morgan fingerprint density at radius 1 is 0.422 bits per heavy atom. The van der Waals surface area contributed by atoms with E-state index in [9.17, 15) is 0 Å². The number of fused-ring (bicyclic) bond motifs is 6. The molecule has 0 fully saturated rings. The Kier molecular flexibility index (Phi) is 9.48. The van der Waals surface area contributed by atoms with Gasteiger partial charge in [0, 0.05) is 48.7 Å². The molecule has 3 aromatic heterocycles. The lowest BCUT2D eigenvalue weighted by Crippen LogP contribution is -2.11.